The lowest BCUT2D eigenvalue weighted by Crippen LogP contribution is -2.25. The van der Waals surface area contributed by atoms with Gasteiger partial charge in [0, 0.05) is 5.38 Å². The Morgan fingerprint density at radius 1 is 1.83 bits per heavy atom. The Labute approximate surface area is 79.6 Å². The fourth-order valence-electron chi connectivity index (χ4n) is 0.595. The van der Waals surface area contributed by atoms with E-state index in [1.165, 1.54) is 11.5 Å². The zero-order valence-electron chi connectivity index (χ0n) is 6.44. The lowest BCUT2D eigenvalue weighted by Gasteiger charge is -1.96. The monoisotopic (exact) mass is 200 g/mol. The van der Waals surface area contributed by atoms with E-state index in [9.17, 15) is 0 Å². The first-order valence-electron chi connectivity index (χ1n) is 3.20. The average Bonchev–Trinajstić information content (AvgIpc) is 2.51. The zero-order chi connectivity index (χ0) is 8.97. The topological polar surface area (TPSA) is 63.3 Å². The summed E-state index contributed by atoms with van der Waals surface area (Å²) in [4.78, 5) is 0. The van der Waals surface area contributed by atoms with Crippen molar-refractivity contribution in [3.05, 3.63) is 17.1 Å². The molecule has 0 aliphatic heterocycles. The SMILES string of the molecule is C/C(=N/NC(N)=S)c1ccsn1. The molecule has 0 aromatic carbocycles. The molecule has 0 radical (unpaired) electrons. The molecule has 4 nitrogen and oxygen atoms in total. The van der Waals surface area contributed by atoms with Gasteiger partial charge in [0.15, 0.2) is 5.11 Å². The quantitative estimate of drug-likeness (QED) is 0.419. The van der Waals surface area contributed by atoms with Crippen LogP contribution in [0.25, 0.3) is 0 Å². The highest BCUT2D eigenvalue weighted by Gasteiger charge is 1.97. The summed E-state index contributed by atoms with van der Waals surface area (Å²) in [5.41, 5.74) is 9.29. The smallest absolute Gasteiger partial charge is 0.184 e. The number of nitrogens with zero attached hydrogens (tertiary/aromatic N) is 2. The van der Waals surface area contributed by atoms with Crippen LogP contribution in [0, 0.1) is 0 Å². The Kier molecular flexibility index (Phi) is 3.12. The number of nitrogens with one attached hydrogen (secondary N) is 1. The maximum Gasteiger partial charge on any atom is 0.184 e. The van der Waals surface area contributed by atoms with Crippen LogP contribution in [-0.4, -0.2) is 15.2 Å². The van der Waals surface area contributed by atoms with Gasteiger partial charge in [-0.3, -0.25) is 5.43 Å². The maximum atomic E-state index is 5.19. The summed E-state index contributed by atoms with van der Waals surface area (Å²) in [5.74, 6) is 0. The molecular formula is C6H8N4S2. The van der Waals surface area contributed by atoms with E-state index >= 15 is 0 Å². The molecule has 1 rings (SSSR count). The third-order valence-corrected chi connectivity index (χ3v) is 1.79. The number of nitrogens with two attached hydrogens (primary N) is 1. The molecule has 1 heterocycles. The van der Waals surface area contributed by atoms with Gasteiger partial charge in [-0.25, -0.2) is 0 Å². The second-order valence-corrected chi connectivity index (χ2v) is 3.16. The molecular weight excluding hydrogens is 192 g/mol. The van der Waals surface area contributed by atoms with Gasteiger partial charge in [0.05, 0.1) is 11.4 Å². The van der Waals surface area contributed by atoms with E-state index in [1.54, 1.807) is 0 Å². The minimum absolute atomic E-state index is 0.157. The van der Waals surface area contributed by atoms with Crippen molar-refractivity contribution < 1.29 is 0 Å². The average molecular weight is 200 g/mol. The van der Waals surface area contributed by atoms with E-state index in [-0.39, 0.29) is 5.11 Å². The molecule has 12 heavy (non-hydrogen) atoms. The van der Waals surface area contributed by atoms with Crippen molar-refractivity contribution in [2.45, 2.75) is 6.92 Å². The number of aromatic nitrogens is 1. The van der Waals surface area contributed by atoms with Gasteiger partial charge in [-0.05, 0) is 36.7 Å². The van der Waals surface area contributed by atoms with E-state index in [0.29, 0.717) is 0 Å². The molecule has 1 aromatic heterocycles. The molecule has 0 saturated heterocycles. The van der Waals surface area contributed by atoms with Gasteiger partial charge < -0.3 is 5.73 Å². The van der Waals surface area contributed by atoms with Crippen LogP contribution in [0.15, 0.2) is 16.5 Å². The van der Waals surface area contributed by atoms with Crippen LogP contribution in [0.1, 0.15) is 12.6 Å². The van der Waals surface area contributed by atoms with Crippen molar-refractivity contribution in [2.75, 3.05) is 0 Å². The van der Waals surface area contributed by atoms with Crippen LogP contribution in [0.4, 0.5) is 0 Å². The van der Waals surface area contributed by atoms with E-state index in [1.807, 2.05) is 18.4 Å². The van der Waals surface area contributed by atoms with Crippen molar-refractivity contribution in [1.29, 1.82) is 0 Å². The van der Waals surface area contributed by atoms with Crippen LogP contribution < -0.4 is 11.2 Å². The minimum Gasteiger partial charge on any atom is -0.375 e. The third-order valence-electron chi connectivity index (χ3n) is 1.14. The van der Waals surface area contributed by atoms with Crippen LogP contribution in [0.2, 0.25) is 0 Å². The van der Waals surface area contributed by atoms with Gasteiger partial charge in [0.2, 0.25) is 0 Å². The molecule has 0 bridgehead atoms. The van der Waals surface area contributed by atoms with Crippen molar-refractivity contribution in [1.82, 2.24) is 9.80 Å². The van der Waals surface area contributed by atoms with E-state index in [2.05, 4.69) is 27.1 Å². The fraction of sp³-hybridized carbons (Fsp3) is 0.167. The molecule has 0 unspecified atom stereocenters. The van der Waals surface area contributed by atoms with E-state index in [4.69, 9.17) is 5.73 Å². The Bertz CT molecular complexity index is 291. The Balaban J connectivity index is 2.65. The molecule has 0 fully saturated rings. The first-order valence-corrected chi connectivity index (χ1v) is 4.45. The summed E-state index contributed by atoms with van der Waals surface area (Å²) in [6, 6.07) is 1.88. The molecule has 0 aliphatic rings. The van der Waals surface area contributed by atoms with Crippen molar-refractivity contribution >= 4 is 34.6 Å². The third kappa shape index (κ3) is 2.55. The maximum absolute atomic E-state index is 5.19. The molecule has 0 saturated carbocycles. The molecule has 64 valence electrons. The predicted molar refractivity (Wildman–Crippen MR) is 54.2 cm³/mol. The summed E-state index contributed by atoms with van der Waals surface area (Å²) in [6.07, 6.45) is 0. The highest BCUT2D eigenvalue weighted by molar-refractivity contribution is 7.80. The molecule has 0 aliphatic carbocycles. The summed E-state index contributed by atoms with van der Waals surface area (Å²) in [6.45, 7) is 1.83. The predicted octanol–water partition coefficient (Wildman–Crippen LogP) is 0.700. The van der Waals surface area contributed by atoms with Crippen molar-refractivity contribution in [2.24, 2.45) is 10.8 Å². The highest BCUT2D eigenvalue weighted by atomic mass is 32.1. The molecule has 1 aromatic rings. The summed E-state index contributed by atoms with van der Waals surface area (Å²) in [5, 5.41) is 5.95. The van der Waals surface area contributed by atoms with Crippen LogP contribution >= 0.6 is 23.8 Å². The summed E-state index contributed by atoms with van der Waals surface area (Å²) >= 11 is 5.96. The standard InChI is InChI=1S/C6H8N4S2/c1-4(8-9-6(7)11)5-2-3-12-10-5/h2-3H,1H3,(H3,7,9,11)/b8-4-. The molecule has 0 amide bonds. The number of hydrazone groups is 1. The largest absolute Gasteiger partial charge is 0.375 e. The number of hydrogen-bond acceptors (Lipinski definition) is 4. The van der Waals surface area contributed by atoms with Gasteiger partial charge in [-0.2, -0.15) is 9.47 Å². The first-order chi connectivity index (χ1) is 5.70. The number of rotatable bonds is 2. The lowest BCUT2D eigenvalue weighted by molar-refractivity contribution is 1.03. The number of hydrogen-bond donors (Lipinski definition) is 2. The molecule has 0 spiro atoms. The Morgan fingerprint density at radius 2 is 2.58 bits per heavy atom. The van der Waals surface area contributed by atoms with E-state index in [0.717, 1.165) is 11.4 Å². The fourth-order valence-corrected chi connectivity index (χ4v) is 1.20. The van der Waals surface area contributed by atoms with Gasteiger partial charge in [0.1, 0.15) is 0 Å². The van der Waals surface area contributed by atoms with Crippen molar-refractivity contribution in [3.63, 3.8) is 0 Å². The molecule has 0 atom stereocenters. The normalized spacial score (nSPS) is 11.2. The molecule has 3 N–H and O–H groups in total. The Hall–Kier alpha value is -1.01. The van der Waals surface area contributed by atoms with E-state index < -0.39 is 0 Å². The summed E-state index contributed by atoms with van der Waals surface area (Å²) < 4.78 is 4.08. The van der Waals surface area contributed by atoms with Gasteiger partial charge in [0.25, 0.3) is 0 Å². The van der Waals surface area contributed by atoms with Gasteiger partial charge in [-0.1, -0.05) is 0 Å². The second-order valence-electron chi connectivity index (χ2n) is 2.06. The van der Waals surface area contributed by atoms with Gasteiger partial charge in [-0.15, -0.1) is 0 Å². The van der Waals surface area contributed by atoms with Crippen LogP contribution in [-0.2, 0) is 0 Å². The van der Waals surface area contributed by atoms with Gasteiger partial charge >= 0.3 is 0 Å². The second kappa shape index (κ2) is 4.13. The first kappa shape index (κ1) is 9.08. The minimum atomic E-state index is 0.157. The lowest BCUT2D eigenvalue weighted by atomic mass is 10.3. The van der Waals surface area contributed by atoms with Crippen molar-refractivity contribution in [3.8, 4) is 0 Å². The zero-order valence-corrected chi connectivity index (χ0v) is 8.08. The summed E-state index contributed by atoms with van der Waals surface area (Å²) in [7, 11) is 0. The van der Waals surface area contributed by atoms with Crippen LogP contribution in [0.5, 0.6) is 0 Å². The van der Waals surface area contributed by atoms with Crippen LogP contribution in [0.3, 0.4) is 0 Å². The highest BCUT2D eigenvalue weighted by Crippen LogP contribution is 2.00. The number of thiocarbonyl (C=S) groups is 1. The Morgan fingerprint density at radius 3 is 3.08 bits per heavy atom. The molecule has 6 heteroatoms.